The van der Waals surface area contributed by atoms with E-state index in [2.05, 4.69) is 13.8 Å². The van der Waals surface area contributed by atoms with Crippen molar-refractivity contribution in [1.29, 1.82) is 0 Å². The number of esters is 2. The van der Waals surface area contributed by atoms with Gasteiger partial charge in [0.05, 0.1) is 6.61 Å². The van der Waals surface area contributed by atoms with Crippen LogP contribution in [-0.4, -0.2) is 96.0 Å². The molecule has 0 aromatic rings. The molecule has 12 nitrogen and oxygen atoms in total. The van der Waals surface area contributed by atoms with Crippen LogP contribution in [0, 0.1) is 0 Å². The molecule has 56 heavy (non-hydrogen) atoms. The van der Waals surface area contributed by atoms with Crippen molar-refractivity contribution >= 4 is 22.1 Å². The number of ether oxygens (including phenoxy) is 4. The molecule has 2 unspecified atom stereocenters. The SMILES string of the molecule is CCCCCCCCCCCCCCCCCCCC(=O)OC[C@H](CO[C@H]1O[C@H](CS(=O)(=O)O)[C@@H](O)C(O)C1O)OC(=O)CCCCCCCCCCCCC. The second-order valence-corrected chi connectivity index (χ2v) is 17.6. The topological polar surface area (TPSA) is 186 Å². The number of carbonyl (C=O) groups excluding carboxylic acids is 2. The van der Waals surface area contributed by atoms with Gasteiger partial charge in [0.2, 0.25) is 0 Å². The first-order valence-corrected chi connectivity index (χ1v) is 24.2. The first kappa shape index (κ1) is 52.7. The highest BCUT2D eigenvalue weighted by molar-refractivity contribution is 7.85. The minimum Gasteiger partial charge on any atom is -0.462 e. The monoisotopic (exact) mass is 823 g/mol. The summed E-state index contributed by atoms with van der Waals surface area (Å²) in [4.78, 5) is 25.3. The molecule has 1 fully saturated rings. The molecule has 0 bridgehead atoms. The number of unbranched alkanes of at least 4 members (excludes halogenated alkanes) is 26. The van der Waals surface area contributed by atoms with Crippen LogP contribution in [0.15, 0.2) is 0 Å². The molecule has 1 aliphatic heterocycles. The molecule has 0 radical (unpaired) electrons. The quantitative estimate of drug-likeness (QED) is 0.0264. The van der Waals surface area contributed by atoms with Gasteiger partial charge in [0.1, 0.15) is 36.8 Å². The maximum Gasteiger partial charge on any atom is 0.306 e. The Balaban J connectivity index is 2.41. The van der Waals surface area contributed by atoms with E-state index >= 15 is 0 Å². The number of carbonyl (C=O) groups is 2. The predicted octanol–water partition coefficient (Wildman–Crippen LogP) is 8.90. The highest BCUT2D eigenvalue weighted by Crippen LogP contribution is 2.24. The van der Waals surface area contributed by atoms with Crippen LogP contribution in [0.2, 0.25) is 0 Å². The van der Waals surface area contributed by atoms with Crippen molar-refractivity contribution < 1.29 is 56.8 Å². The Kier molecular flexibility index (Phi) is 32.5. The van der Waals surface area contributed by atoms with Gasteiger partial charge in [0.15, 0.2) is 12.4 Å². The third-order valence-corrected chi connectivity index (χ3v) is 11.4. The van der Waals surface area contributed by atoms with Crippen LogP contribution in [-0.2, 0) is 38.7 Å². The second kappa shape index (κ2) is 34.5. The first-order valence-electron chi connectivity index (χ1n) is 22.6. The van der Waals surface area contributed by atoms with Gasteiger partial charge in [-0.05, 0) is 12.8 Å². The summed E-state index contributed by atoms with van der Waals surface area (Å²) in [6.45, 7) is 3.76. The average molecular weight is 823 g/mol. The van der Waals surface area contributed by atoms with Crippen molar-refractivity contribution in [2.45, 2.75) is 243 Å². The summed E-state index contributed by atoms with van der Waals surface area (Å²) in [6, 6.07) is 0. The van der Waals surface area contributed by atoms with E-state index in [4.69, 9.17) is 18.9 Å². The Morgan fingerprint density at radius 3 is 1.30 bits per heavy atom. The Morgan fingerprint density at radius 2 is 0.911 bits per heavy atom. The van der Waals surface area contributed by atoms with Gasteiger partial charge in [-0.2, -0.15) is 8.42 Å². The van der Waals surface area contributed by atoms with Crippen molar-refractivity contribution in [3.05, 3.63) is 0 Å². The molecule has 0 spiro atoms. The molecular weight excluding hydrogens is 741 g/mol. The molecule has 13 heteroatoms. The Hall–Kier alpha value is -1.35. The zero-order chi connectivity index (χ0) is 41.3. The summed E-state index contributed by atoms with van der Waals surface area (Å²) in [7, 11) is -4.59. The van der Waals surface area contributed by atoms with E-state index in [1.54, 1.807) is 0 Å². The van der Waals surface area contributed by atoms with E-state index in [1.807, 2.05) is 0 Å². The molecule has 332 valence electrons. The van der Waals surface area contributed by atoms with Gasteiger partial charge < -0.3 is 34.3 Å². The predicted molar refractivity (Wildman–Crippen MR) is 220 cm³/mol. The Bertz CT molecular complexity index is 1060. The molecular formula is C43H82O12S. The van der Waals surface area contributed by atoms with Gasteiger partial charge in [-0.15, -0.1) is 0 Å². The zero-order valence-electron chi connectivity index (χ0n) is 35.3. The number of aliphatic hydroxyl groups excluding tert-OH is 3. The van der Waals surface area contributed by atoms with E-state index in [0.717, 1.165) is 38.5 Å². The third-order valence-electron chi connectivity index (χ3n) is 10.7. The fraction of sp³-hybridized carbons (Fsp3) is 0.953. The normalized spacial score (nSPS) is 20.6. The maximum atomic E-state index is 12.8. The van der Waals surface area contributed by atoms with Crippen LogP contribution < -0.4 is 0 Å². The van der Waals surface area contributed by atoms with Crippen molar-refractivity contribution in [3.8, 4) is 0 Å². The van der Waals surface area contributed by atoms with Gasteiger partial charge >= 0.3 is 11.9 Å². The number of rotatable bonds is 38. The highest BCUT2D eigenvalue weighted by Gasteiger charge is 2.46. The van der Waals surface area contributed by atoms with E-state index in [1.165, 1.54) is 128 Å². The largest absolute Gasteiger partial charge is 0.462 e. The molecule has 0 aromatic carbocycles. The third kappa shape index (κ3) is 29.0. The van der Waals surface area contributed by atoms with Crippen molar-refractivity contribution in [3.63, 3.8) is 0 Å². The Morgan fingerprint density at radius 1 is 0.536 bits per heavy atom. The fourth-order valence-corrected chi connectivity index (χ4v) is 7.84. The van der Waals surface area contributed by atoms with Gasteiger partial charge in [0.25, 0.3) is 10.1 Å². The Labute approximate surface area is 340 Å². The molecule has 0 amide bonds. The van der Waals surface area contributed by atoms with Gasteiger partial charge in [-0.1, -0.05) is 181 Å². The van der Waals surface area contributed by atoms with Gasteiger partial charge in [-0.25, -0.2) is 0 Å². The molecule has 6 atom stereocenters. The number of hydrogen-bond acceptors (Lipinski definition) is 11. The lowest BCUT2D eigenvalue weighted by Gasteiger charge is -2.40. The molecule has 1 aliphatic rings. The number of hydrogen-bond donors (Lipinski definition) is 4. The van der Waals surface area contributed by atoms with Crippen molar-refractivity contribution in [1.82, 2.24) is 0 Å². The minimum atomic E-state index is -4.59. The van der Waals surface area contributed by atoms with Crippen molar-refractivity contribution in [2.24, 2.45) is 0 Å². The van der Waals surface area contributed by atoms with E-state index in [-0.39, 0.29) is 19.4 Å². The van der Waals surface area contributed by atoms with Crippen LogP contribution in [0.1, 0.15) is 206 Å². The smallest absolute Gasteiger partial charge is 0.306 e. The summed E-state index contributed by atoms with van der Waals surface area (Å²) in [5, 5.41) is 30.8. The van der Waals surface area contributed by atoms with Crippen molar-refractivity contribution in [2.75, 3.05) is 19.0 Å². The summed E-state index contributed by atoms with van der Waals surface area (Å²) in [6.07, 6.45) is 24.4. The molecule has 4 N–H and O–H groups in total. The first-order chi connectivity index (χ1) is 27.0. The van der Waals surface area contributed by atoms with Gasteiger partial charge in [-0.3, -0.25) is 14.1 Å². The standard InChI is InChI=1S/C43H82O12S/c1-3-5-7-9-11-13-15-16-17-18-19-20-22-23-25-27-29-31-38(44)52-33-36(54-39(45)32-30-28-26-24-21-14-12-10-8-6-4-2)34-53-43-42(48)41(47)40(46)37(55-43)35-56(49,50)51/h36-37,40-43,46-48H,3-35H2,1-2H3,(H,49,50,51)/t36-,37-,40-,41?,42?,43+/m1/s1. The van der Waals surface area contributed by atoms with Crippen LogP contribution in [0.25, 0.3) is 0 Å². The van der Waals surface area contributed by atoms with Crippen LogP contribution in [0.5, 0.6) is 0 Å². The summed E-state index contributed by atoms with van der Waals surface area (Å²) in [5.41, 5.74) is 0. The van der Waals surface area contributed by atoms with Crippen LogP contribution >= 0.6 is 0 Å². The highest BCUT2D eigenvalue weighted by atomic mass is 32.2. The van der Waals surface area contributed by atoms with E-state index < -0.39 is 71.2 Å². The lowest BCUT2D eigenvalue weighted by Crippen LogP contribution is -2.60. The zero-order valence-corrected chi connectivity index (χ0v) is 36.1. The lowest BCUT2D eigenvalue weighted by atomic mass is 10.00. The van der Waals surface area contributed by atoms with Gasteiger partial charge in [0, 0.05) is 12.8 Å². The average Bonchev–Trinajstić information content (AvgIpc) is 3.16. The fourth-order valence-electron chi connectivity index (χ4n) is 7.15. The summed E-state index contributed by atoms with van der Waals surface area (Å²) >= 11 is 0. The summed E-state index contributed by atoms with van der Waals surface area (Å²) < 4.78 is 54.0. The molecule has 1 saturated heterocycles. The lowest BCUT2D eigenvalue weighted by molar-refractivity contribution is -0.297. The molecule has 1 heterocycles. The summed E-state index contributed by atoms with van der Waals surface area (Å²) in [5.74, 6) is -1.96. The van der Waals surface area contributed by atoms with Crippen LogP contribution in [0.3, 0.4) is 0 Å². The molecule has 0 aromatic heterocycles. The molecule has 0 saturated carbocycles. The number of aliphatic hydroxyl groups is 3. The molecule has 1 rings (SSSR count). The molecule has 0 aliphatic carbocycles. The van der Waals surface area contributed by atoms with E-state index in [0.29, 0.717) is 12.8 Å². The van der Waals surface area contributed by atoms with Crippen LogP contribution in [0.4, 0.5) is 0 Å². The second-order valence-electron chi connectivity index (χ2n) is 16.1. The maximum absolute atomic E-state index is 12.8. The minimum absolute atomic E-state index is 0.171. The van der Waals surface area contributed by atoms with E-state index in [9.17, 15) is 37.9 Å².